The summed E-state index contributed by atoms with van der Waals surface area (Å²) in [6.07, 6.45) is 1.24. The highest BCUT2D eigenvalue weighted by atomic mass is 19.3. The molecule has 3 heterocycles. The van der Waals surface area contributed by atoms with Crippen LogP contribution >= 0.6 is 0 Å². The predicted octanol–water partition coefficient (Wildman–Crippen LogP) is 6.54. The summed E-state index contributed by atoms with van der Waals surface area (Å²) in [5.74, 6) is -9.14. The number of hydrogen-bond donors (Lipinski definition) is 1. The normalized spacial score (nSPS) is 19.0. The van der Waals surface area contributed by atoms with Crippen molar-refractivity contribution in [3.63, 3.8) is 0 Å². The van der Waals surface area contributed by atoms with E-state index < -0.39 is 60.1 Å². The van der Waals surface area contributed by atoms with Gasteiger partial charge in [-0.05, 0) is 37.1 Å². The van der Waals surface area contributed by atoms with Crippen molar-refractivity contribution in [1.82, 2.24) is 15.0 Å². The lowest BCUT2D eigenvalue weighted by atomic mass is 9.83. The molecule has 0 aromatic carbocycles. The minimum Gasteiger partial charge on any atom is -0.472 e. The van der Waals surface area contributed by atoms with Crippen LogP contribution in [0.3, 0.4) is 0 Å². The summed E-state index contributed by atoms with van der Waals surface area (Å²) in [7, 11) is 0. The zero-order valence-electron chi connectivity index (χ0n) is 19.9. The number of anilines is 1. The number of aromatic nitrogens is 3. The highest BCUT2D eigenvalue weighted by Crippen LogP contribution is 2.44. The van der Waals surface area contributed by atoms with Gasteiger partial charge in [-0.15, -0.1) is 0 Å². The lowest BCUT2D eigenvalue weighted by molar-refractivity contribution is -0.136. The first-order valence-electron chi connectivity index (χ1n) is 12.0. The molecule has 1 N–H and O–H groups in total. The van der Waals surface area contributed by atoms with Crippen LogP contribution in [-0.2, 0) is 0 Å². The number of carbonyl (C=O) groups is 1. The SMILES string of the molecule is O=C(Nc1c(-c2ncccc2F)ccnc1C1CCC(F)(F)CC1)c1cnc(OC2CC(F)(F)C2)c(F)c1. The van der Waals surface area contributed by atoms with Crippen LogP contribution in [0.4, 0.5) is 32.0 Å². The predicted molar refractivity (Wildman–Crippen MR) is 124 cm³/mol. The minimum atomic E-state index is -2.86. The van der Waals surface area contributed by atoms with E-state index in [1.807, 2.05) is 0 Å². The second-order valence-electron chi connectivity index (χ2n) is 9.55. The van der Waals surface area contributed by atoms with Crippen molar-refractivity contribution in [2.75, 3.05) is 5.32 Å². The van der Waals surface area contributed by atoms with Crippen LogP contribution in [0.1, 0.15) is 60.5 Å². The molecule has 5 rings (SSSR count). The molecule has 6 nitrogen and oxygen atoms in total. The molecule has 38 heavy (non-hydrogen) atoms. The minimum absolute atomic E-state index is 0.0720. The number of pyridine rings is 3. The molecule has 12 heteroatoms. The van der Waals surface area contributed by atoms with E-state index in [-0.39, 0.29) is 53.9 Å². The van der Waals surface area contributed by atoms with E-state index in [1.165, 1.54) is 30.6 Å². The fraction of sp³-hybridized carbons (Fsp3) is 0.385. The van der Waals surface area contributed by atoms with Gasteiger partial charge in [-0.25, -0.2) is 31.3 Å². The number of hydrogen-bond acceptors (Lipinski definition) is 5. The highest BCUT2D eigenvalue weighted by molar-refractivity contribution is 6.06. The van der Waals surface area contributed by atoms with Crippen molar-refractivity contribution < 1.29 is 35.9 Å². The largest absolute Gasteiger partial charge is 0.472 e. The molecule has 200 valence electrons. The van der Waals surface area contributed by atoms with Crippen molar-refractivity contribution in [3.8, 4) is 17.1 Å². The second kappa shape index (κ2) is 9.88. The molecule has 0 bridgehead atoms. The summed E-state index contributed by atoms with van der Waals surface area (Å²) in [6.45, 7) is 0. The monoisotopic (exact) mass is 536 g/mol. The molecule has 0 spiro atoms. The Bertz CT molecular complexity index is 1350. The molecule has 0 saturated heterocycles. The van der Waals surface area contributed by atoms with Crippen LogP contribution < -0.4 is 10.1 Å². The first-order valence-corrected chi connectivity index (χ1v) is 12.0. The fourth-order valence-electron chi connectivity index (χ4n) is 4.68. The second-order valence-corrected chi connectivity index (χ2v) is 9.55. The number of rotatable bonds is 6. The third kappa shape index (κ3) is 5.44. The number of ether oxygens (including phenoxy) is 1. The third-order valence-corrected chi connectivity index (χ3v) is 6.74. The Morgan fingerprint density at radius 1 is 0.947 bits per heavy atom. The number of alkyl halides is 4. The molecule has 0 radical (unpaired) electrons. The van der Waals surface area contributed by atoms with Gasteiger partial charge >= 0.3 is 0 Å². The smallest absolute Gasteiger partial charge is 0.257 e. The van der Waals surface area contributed by atoms with E-state index in [1.54, 1.807) is 0 Å². The van der Waals surface area contributed by atoms with Gasteiger partial charge < -0.3 is 10.1 Å². The van der Waals surface area contributed by atoms with E-state index in [0.29, 0.717) is 0 Å². The van der Waals surface area contributed by atoms with Crippen molar-refractivity contribution in [2.45, 2.75) is 62.4 Å². The first-order chi connectivity index (χ1) is 18.0. The van der Waals surface area contributed by atoms with Gasteiger partial charge in [0.25, 0.3) is 17.7 Å². The molecule has 2 saturated carbocycles. The van der Waals surface area contributed by atoms with Gasteiger partial charge in [-0.2, -0.15) is 0 Å². The summed E-state index contributed by atoms with van der Waals surface area (Å²) in [5, 5.41) is 2.62. The van der Waals surface area contributed by atoms with Gasteiger partial charge in [0.15, 0.2) is 5.82 Å². The van der Waals surface area contributed by atoms with Gasteiger partial charge in [0.1, 0.15) is 17.6 Å². The van der Waals surface area contributed by atoms with Crippen LogP contribution in [0.15, 0.2) is 42.9 Å². The highest BCUT2D eigenvalue weighted by Gasteiger charge is 2.47. The lowest BCUT2D eigenvalue weighted by Crippen LogP contribution is -2.43. The van der Waals surface area contributed by atoms with Crippen LogP contribution in [0.25, 0.3) is 11.3 Å². The van der Waals surface area contributed by atoms with E-state index >= 15 is 0 Å². The first kappa shape index (κ1) is 25.9. The number of nitrogens with one attached hydrogen (secondary N) is 1. The Morgan fingerprint density at radius 3 is 2.34 bits per heavy atom. The topological polar surface area (TPSA) is 77.0 Å². The van der Waals surface area contributed by atoms with E-state index in [2.05, 4.69) is 20.3 Å². The summed E-state index contributed by atoms with van der Waals surface area (Å²) in [4.78, 5) is 25.3. The van der Waals surface area contributed by atoms with Gasteiger partial charge in [-0.1, -0.05) is 0 Å². The Hall–Kier alpha value is -3.70. The van der Waals surface area contributed by atoms with Crippen molar-refractivity contribution in [1.29, 1.82) is 0 Å². The van der Waals surface area contributed by atoms with Gasteiger partial charge in [0, 0.05) is 55.8 Å². The maximum Gasteiger partial charge on any atom is 0.257 e. The average Bonchev–Trinajstić information content (AvgIpc) is 2.85. The molecule has 1 amide bonds. The molecule has 0 unspecified atom stereocenters. The Labute approximate surface area is 213 Å². The van der Waals surface area contributed by atoms with Crippen LogP contribution in [0, 0.1) is 11.6 Å². The van der Waals surface area contributed by atoms with Crippen molar-refractivity contribution in [2.24, 2.45) is 0 Å². The quantitative estimate of drug-likeness (QED) is 0.362. The fourth-order valence-corrected chi connectivity index (χ4v) is 4.68. The average molecular weight is 536 g/mol. The molecular formula is C26H22F6N4O2. The van der Waals surface area contributed by atoms with E-state index in [9.17, 15) is 31.1 Å². The van der Waals surface area contributed by atoms with Crippen molar-refractivity contribution in [3.05, 3.63) is 65.7 Å². The zero-order valence-corrected chi connectivity index (χ0v) is 19.9. The molecule has 2 aliphatic carbocycles. The maximum absolute atomic E-state index is 14.7. The maximum atomic E-state index is 14.7. The molecule has 2 aliphatic rings. The molecular weight excluding hydrogens is 514 g/mol. The number of nitrogens with zero attached hydrogens (tertiary/aromatic N) is 3. The Kier molecular flexibility index (Phi) is 6.74. The van der Waals surface area contributed by atoms with Crippen LogP contribution in [0.2, 0.25) is 0 Å². The molecule has 0 atom stereocenters. The summed E-state index contributed by atoms with van der Waals surface area (Å²) in [6, 6.07) is 4.86. The van der Waals surface area contributed by atoms with E-state index in [0.717, 1.165) is 12.3 Å². The molecule has 0 aliphatic heterocycles. The third-order valence-electron chi connectivity index (χ3n) is 6.74. The lowest BCUT2D eigenvalue weighted by Gasteiger charge is -2.34. The summed E-state index contributed by atoms with van der Waals surface area (Å²) < 4.78 is 88.1. The number of carbonyl (C=O) groups excluding carboxylic acids is 1. The standard InChI is InChI=1S/C26H22F6N4O2/c27-18-2-1-8-33-21(18)17-5-9-34-20(14-3-6-25(29,30)7-4-14)22(17)36-23(37)15-10-19(28)24(35-13-15)38-16-11-26(31,32)12-16/h1-2,5,8-10,13-14,16H,3-4,6-7,11-12H2,(H,36,37). The molecule has 3 aromatic rings. The number of amides is 1. The summed E-state index contributed by atoms with van der Waals surface area (Å²) in [5.41, 5.74) is 0.223. The number of halogens is 6. The Morgan fingerprint density at radius 2 is 1.68 bits per heavy atom. The molecule has 2 fully saturated rings. The van der Waals surface area contributed by atoms with Crippen LogP contribution in [0.5, 0.6) is 5.88 Å². The Balaban J connectivity index is 1.44. The van der Waals surface area contributed by atoms with Crippen LogP contribution in [-0.4, -0.2) is 38.8 Å². The van der Waals surface area contributed by atoms with Gasteiger partial charge in [0.2, 0.25) is 5.92 Å². The zero-order chi connectivity index (χ0) is 27.1. The van der Waals surface area contributed by atoms with Gasteiger partial charge in [-0.3, -0.25) is 14.8 Å². The van der Waals surface area contributed by atoms with Gasteiger partial charge in [0.05, 0.1) is 16.9 Å². The molecule has 3 aromatic heterocycles. The van der Waals surface area contributed by atoms with Crippen molar-refractivity contribution >= 4 is 11.6 Å². The summed E-state index contributed by atoms with van der Waals surface area (Å²) >= 11 is 0. The van der Waals surface area contributed by atoms with E-state index in [4.69, 9.17) is 4.74 Å².